The molecule has 0 bridgehead atoms. The molecule has 2 fully saturated rings. The van der Waals surface area contributed by atoms with E-state index in [-0.39, 0.29) is 0 Å². The summed E-state index contributed by atoms with van der Waals surface area (Å²) in [5.74, 6) is 0.916. The number of hydrogen-bond acceptors (Lipinski definition) is 3. The first-order valence-corrected chi connectivity index (χ1v) is 6.18. The highest BCUT2D eigenvalue weighted by Gasteiger charge is 2.20. The van der Waals surface area contributed by atoms with E-state index in [1.54, 1.807) is 0 Å². The summed E-state index contributed by atoms with van der Waals surface area (Å²) in [6.45, 7) is 12.4. The molecule has 2 rings (SSSR count). The van der Waals surface area contributed by atoms with Gasteiger partial charge in [-0.15, -0.1) is 0 Å². The van der Waals surface area contributed by atoms with Gasteiger partial charge in [-0.05, 0) is 25.0 Å². The first kappa shape index (κ1) is 11.0. The smallest absolute Gasteiger partial charge is 0.0175 e. The lowest BCUT2D eigenvalue weighted by Gasteiger charge is -2.35. The third-order valence-electron chi connectivity index (χ3n) is 3.63. The third-order valence-corrected chi connectivity index (χ3v) is 3.63. The molecule has 3 heteroatoms. The van der Waals surface area contributed by atoms with Gasteiger partial charge in [0.05, 0.1) is 0 Å². The Kier molecular flexibility index (Phi) is 4.03. The first-order valence-electron chi connectivity index (χ1n) is 6.18. The molecule has 3 nitrogen and oxygen atoms in total. The summed E-state index contributed by atoms with van der Waals surface area (Å²) < 4.78 is 0. The van der Waals surface area contributed by atoms with Crippen molar-refractivity contribution in [1.82, 2.24) is 15.1 Å². The van der Waals surface area contributed by atoms with Gasteiger partial charge in [0.25, 0.3) is 0 Å². The highest BCUT2D eigenvalue weighted by molar-refractivity contribution is 4.81. The Hall–Kier alpha value is -0.540. The molecule has 2 heterocycles. The molecule has 0 aliphatic carbocycles. The van der Waals surface area contributed by atoms with Crippen LogP contribution in [0.1, 0.15) is 12.8 Å². The number of likely N-dealkylation sites (tertiary alicyclic amines) is 1. The summed E-state index contributed by atoms with van der Waals surface area (Å²) in [5, 5.41) is 3.40. The van der Waals surface area contributed by atoms with Crippen LogP contribution < -0.4 is 5.32 Å². The zero-order valence-corrected chi connectivity index (χ0v) is 9.62. The van der Waals surface area contributed by atoms with Crippen LogP contribution in [0, 0.1) is 5.92 Å². The van der Waals surface area contributed by atoms with Crippen molar-refractivity contribution in [3.05, 3.63) is 12.8 Å². The van der Waals surface area contributed by atoms with Crippen molar-refractivity contribution in [2.45, 2.75) is 12.8 Å². The second kappa shape index (κ2) is 5.52. The average molecular weight is 209 g/mol. The summed E-state index contributed by atoms with van der Waals surface area (Å²) in [4.78, 5) is 4.96. The van der Waals surface area contributed by atoms with Crippen molar-refractivity contribution < 1.29 is 0 Å². The number of nitrogens with zero attached hydrogens (tertiary/aromatic N) is 2. The van der Waals surface area contributed by atoms with E-state index < -0.39 is 0 Å². The van der Waals surface area contributed by atoms with Crippen LogP contribution >= 0.6 is 0 Å². The monoisotopic (exact) mass is 209 g/mol. The highest BCUT2D eigenvalue weighted by Crippen LogP contribution is 2.18. The molecule has 2 saturated heterocycles. The Balaban J connectivity index is 1.69. The third kappa shape index (κ3) is 3.21. The number of hydrogen-bond donors (Lipinski definition) is 1. The maximum Gasteiger partial charge on any atom is 0.0175 e. The van der Waals surface area contributed by atoms with E-state index in [2.05, 4.69) is 21.7 Å². The number of piperidine rings is 1. The van der Waals surface area contributed by atoms with Crippen LogP contribution in [0.2, 0.25) is 0 Å². The van der Waals surface area contributed by atoms with Gasteiger partial charge in [0.2, 0.25) is 0 Å². The largest absolute Gasteiger partial charge is 0.378 e. The predicted molar refractivity (Wildman–Crippen MR) is 63.8 cm³/mol. The molecule has 15 heavy (non-hydrogen) atoms. The minimum absolute atomic E-state index is 0.916. The van der Waals surface area contributed by atoms with Crippen molar-refractivity contribution >= 4 is 0 Å². The molecule has 2 aliphatic heterocycles. The molecule has 1 N–H and O–H groups in total. The molecule has 0 atom stereocenters. The lowest BCUT2D eigenvalue weighted by Crippen LogP contribution is -2.46. The maximum absolute atomic E-state index is 3.83. The van der Waals surface area contributed by atoms with Gasteiger partial charge < -0.3 is 15.1 Å². The van der Waals surface area contributed by atoms with Gasteiger partial charge in [-0.2, -0.15) is 0 Å². The zero-order valence-electron chi connectivity index (χ0n) is 9.62. The van der Waals surface area contributed by atoms with Gasteiger partial charge in [0.15, 0.2) is 0 Å². The van der Waals surface area contributed by atoms with Crippen LogP contribution in [-0.2, 0) is 0 Å². The Morgan fingerprint density at radius 1 is 1.13 bits per heavy atom. The van der Waals surface area contributed by atoms with Gasteiger partial charge in [-0.3, -0.25) is 0 Å². The van der Waals surface area contributed by atoms with Crippen molar-refractivity contribution in [3.63, 3.8) is 0 Å². The molecule has 0 saturated carbocycles. The topological polar surface area (TPSA) is 18.5 Å². The molecular weight excluding hydrogens is 186 g/mol. The van der Waals surface area contributed by atoms with Crippen LogP contribution in [0.4, 0.5) is 0 Å². The predicted octanol–water partition coefficient (Wildman–Crippen LogP) is 0.747. The van der Waals surface area contributed by atoms with Gasteiger partial charge in [-0.25, -0.2) is 0 Å². The maximum atomic E-state index is 3.83. The molecular formula is C12H23N3. The van der Waals surface area contributed by atoms with E-state index in [1.807, 2.05) is 6.20 Å². The first-order chi connectivity index (χ1) is 7.38. The summed E-state index contributed by atoms with van der Waals surface area (Å²) in [6, 6.07) is 0. The zero-order chi connectivity index (χ0) is 10.5. The van der Waals surface area contributed by atoms with E-state index in [4.69, 9.17) is 0 Å². The quantitative estimate of drug-likeness (QED) is 0.740. The molecule has 0 amide bonds. The van der Waals surface area contributed by atoms with Crippen molar-refractivity contribution in [2.75, 3.05) is 45.8 Å². The van der Waals surface area contributed by atoms with E-state index in [1.165, 1.54) is 58.7 Å². The van der Waals surface area contributed by atoms with Crippen molar-refractivity contribution in [3.8, 4) is 0 Å². The summed E-state index contributed by atoms with van der Waals surface area (Å²) in [5.41, 5.74) is 0. The van der Waals surface area contributed by atoms with Crippen LogP contribution in [-0.4, -0.2) is 55.6 Å². The standard InChI is InChI=1S/C12H23N3/c1-2-14-7-3-12(4-8-14)11-15-9-5-13-6-10-15/h2,12-13H,1,3-11H2. The fourth-order valence-electron chi connectivity index (χ4n) is 2.58. The van der Waals surface area contributed by atoms with Crippen molar-refractivity contribution in [2.24, 2.45) is 5.92 Å². The number of rotatable bonds is 3. The summed E-state index contributed by atoms with van der Waals surface area (Å²) in [6.07, 6.45) is 4.67. The van der Waals surface area contributed by atoms with Gasteiger partial charge >= 0.3 is 0 Å². The average Bonchev–Trinajstić information content (AvgIpc) is 2.31. The second-order valence-corrected chi connectivity index (χ2v) is 4.71. The van der Waals surface area contributed by atoms with Gasteiger partial charge in [0, 0.05) is 45.8 Å². The minimum atomic E-state index is 0.916. The number of piperazine rings is 1. The van der Waals surface area contributed by atoms with Gasteiger partial charge in [0.1, 0.15) is 0 Å². The van der Waals surface area contributed by atoms with E-state index in [0.29, 0.717) is 0 Å². The van der Waals surface area contributed by atoms with Gasteiger partial charge in [-0.1, -0.05) is 6.58 Å². The molecule has 0 aromatic rings. The molecule has 2 aliphatic rings. The second-order valence-electron chi connectivity index (χ2n) is 4.71. The highest BCUT2D eigenvalue weighted by atomic mass is 15.2. The fourth-order valence-corrected chi connectivity index (χ4v) is 2.58. The molecule has 0 radical (unpaired) electrons. The van der Waals surface area contributed by atoms with Crippen LogP contribution in [0.25, 0.3) is 0 Å². The normalized spacial score (nSPS) is 25.5. The Morgan fingerprint density at radius 2 is 1.80 bits per heavy atom. The Bertz CT molecular complexity index is 191. The van der Waals surface area contributed by atoms with E-state index >= 15 is 0 Å². The summed E-state index contributed by atoms with van der Waals surface area (Å²) in [7, 11) is 0. The Morgan fingerprint density at radius 3 is 2.40 bits per heavy atom. The molecule has 86 valence electrons. The molecule has 0 unspecified atom stereocenters. The van der Waals surface area contributed by atoms with Crippen LogP contribution in [0.3, 0.4) is 0 Å². The molecule has 0 spiro atoms. The lowest BCUT2D eigenvalue weighted by molar-refractivity contribution is 0.158. The summed E-state index contributed by atoms with van der Waals surface area (Å²) >= 11 is 0. The van der Waals surface area contributed by atoms with Crippen LogP contribution in [0.15, 0.2) is 12.8 Å². The Labute approximate surface area is 93.1 Å². The van der Waals surface area contributed by atoms with E-state index in [9.17, 15) is 0 Å². The molecule has 0 aromatic carbocycles. The van der Waals surface area contributed by atoms with E-state index in [0.717, 1.165) is 5.92 Å². The fraction of sp³-hybridized carbons (Fsp3) is 0.833. The number of nitrogens with one attached hydrogen (secondary N) is 1. The minimum Gasteiger partial charge on any atom is -0.378 e. The SMILES string of the molecule is C=CN1CCC(CN2CCNCC2)CC1. The lowest BCUT2D eigenvalue weighted by atomic mass is 9.96. The van der Waals surface area contributed by atoms with Crippen molar-refractivity contribution in [1.29, 1.82) is 0 Å². The molecule has 0 aromatic heterocycles. The van der Waals surface area contributed by atoms with Crippen LogP contribution in [0.5, 0.6) is 0 Å².